The van der Waals surface area contributed by atoms with Crippen LogP contribution < -0.4 is 11.5 Å². The van der Waals surface area contributed by atoms with Crippen LogP contribution in [0.25, 0.3) is 0 Å². The van der Waals surface area contributed by atoms with Gasteiger partial charge in [-0.3, -0.25) is 0 Å². The summed E-state index contributed by atoms with van der Waals surface area (Å²) < 4.78 is 5.66. The Kier molecular flexibility index (Phi) is 4.59. The summed E-state index contributed by atoms with van der Waals surface area (Å²) in [6, 6.07) is 7.87. The predicted octanol–water partition coefficient (Wildman–Crippen LogP) is 2.08. The van der Waals surface area contributed by atoms with Crippen molar-refractivity contribution in [1.82, 2.24) is 0 Å². The van der Waals surface area contributed by atoms with Gasteiger partial charge in [0.2, 0.25) is 0 Å². The molecule has 0 aliphatic heterocycles. The van der Waals surface area contributed by atoms with E-state index in [9.17, 15) is 0 Å². The first kappa shape index (κ1) is 12.0. The average Bonchev–Trinajstić information content (AvgIpc) is 2.25. The summed E-state index contributed by atoms with van der Waals surface area (Å²) in [7, 11) is 0. The second-order valence-corrected chi connectivity index (χ2v) is 3.81. The minimum absolute atomic E-state index is 0.0473. The fourth-order valence-corrected chi connectivity index (χ4v) is 1.29. The van der Waals surface area contributed by atoms with Crippen LogP contribution in [0.2, 0.25) is 0 Å². The molecule has 1 aromatic carbocycles. The van der Waals surface area contributed by atoms with Crippen molar-refractivity contribution in [2.24, 2.45) is 5.73 Å². The maximum atomic E-state index is 5.78. The molecule has 1 aromatic rings. The molecule has 3 nitrogen and oxygen atoms in total. The van der Waals surface area contributed by atoms with E-state index >= 15 is 0 Å². The number of nitrogen functional groups attached to an aromatic ring is 1. The number of benzene rings is 1. The summed E-state index contributed by atoms with van der Waals surface area (Å²) in [6.07, 6.45) is 0.981. The monoisotopic (exact) mass is 208 g/mol. The summed E-state index contributed by atoms with van der Waals surface area (Å²) in [5.41, 5.74) is 13.3. The molecule has 0 fully saturated rings. The highest BCUT2D eigenvalue weighted by Gasteiger charge is 2.07. The van der Waals surface area contributed by atoms with Crippen LogP contribution in [-0.2, 0) is 4.74 Å². The zero-order chi connectivity index (χ0) is 11.3. The van der Waals surface area contributed by atoms with Gasteiger partial charge in [-0.2, -0.15) is 0 Å². The topological polar surface area (TPSA) is 61.3 Å². The lowest BCUT2D eigenvalue weighted by atomic mass is 10.1. The lowest BCUT2D eigenvalue weighted by molar-refractivity contribution is 0.0552. The number of nitrogens with two attached hydrogens (primary N) is 2. The van der Waals surface area contributed by atoms with Crippen LogP contribution >= 0.6 is 0 Å². The van der Waals surface area contributed by atoms with E-state index in [0.29, 0.717) is 6.61 Å². The maximum absolute atomic E-state index is 5.78. The van der Waals surface area contributed by atoms with Gasteiger partial charge in [0.15, 0.2) is 0 Å². The minimum Gasteiger partial charge on any atom is -0.399 e. The van der Waals surface area contributed by atoms with Gasteiger partial charge in [0.25, 0.3) is 0 Å². The molecule has 0 radical (unpaired) electrons. The first-order valence-electron chi connectivity index (χ1n) is 5.36. The van der Waals surface area contributed by atoms with Gasteiger partial charge < -0.3 is 16.2 Å². The lowest BCUT2D eigenvalue weighted by Gasteiger charge is -2.16. The number of hydrogen-bond acceptors (Lipinski definition) is 3. The summed E-state index contributed by atoms with van der Waals surface area (Å²) in [6.45, 7) is 4.66. The molecule has 2 unspecified atom stereocenters. The number of hydrogen-bond donors (Lipinski definition) is 2. The Bertz CT molecular complexity index is 301. The second-order valence-electron chi connectivity index (χ2n) is 3.81. The first-order valence-corrected chi connectivity index (χ1v) is 5.36. The lowest BCUT2D eigenvalue weighted by Crippen LogP contribution is -2.25. The molecule has 4 N–H and O–H groups in total. The number of rotatable bonds is 5. The fraction of sp³-hybridized carbons (Fsp3) is 0.500. The molecule has 2 atom stereocenters. The van der Waals surface area contributed by atoms with Gasteiger partial charge in [-0.1, -0.05) is 19.1 Å². The predicted molar refractivity (Wildman–Crippen MR) is 63.5 cm³/mol. The summed E-state index contributed by atoms with van der Waals surface area (Å²) in [5, 5.41) is 0. The Labute approximate surface area is 91.4 Å². The molecule has 84 valence electrons. The van der Waals surface area contributed by atoms with E-state index < -0.39 is 0 Å². The molecule has 0 heterocycles. The largest absolute Gasteiger partial charge is 0.399 e. The SMILES string of the molecule is CCC(N)COC(C)c1cccc(N)c1. The first-order chi connectivity index (χ1) is 7.13. The smallest absolute Gasteiger partial charge is 0.0798 e. The highest BCUT2D eigenvalue weighted by Crippen LogP contribution is 2.18. The Hall–Kier alpha value is -1.06. The van der Waals surface area contributed by atoms with Crippen LogP contribution in [0.15, 0.2) is 24.3 Å². The van der Waals surface area contributed by atoms with E-state index in [1.165, 1.54) is 0 Å². The average molecular weight is 208 g/mol. The molecular weight excluding hydrogens is 188 g/mol. The molecular formula is C12H20N2O. The van der Waals surface area contributed by atoms with Gasteiger partial charge in [-0.05, 0) is 31.0 Å². The molecule has 0 aromatic heterocycles. The van der Waals surface area contributed by atoms with Crippen molar-refractivity contribution < 1.29 is 4.74 Å². The van der Waals surface area contributed by atoms with Crippen molar-refractivity contribution >= 4 is 5.69 Å². The molecule has 1 rings (SSSR count). The van der Waals surface area contributed by atoms with Gasteiger partial charge >= 0.3 is 0 Å². The van der Waals surface area contributed by atoms with E-state index in [-0.39, 0.29) is 12.1 Å². The third-order valence-electron chi connectivity index (χ3n) is 2.46. The van der Waals surface area contributed by atoms with E-state index in [2.05, 4.69) is 6.92 Å². The van der Waals surface area contributed by atoms with E-state index in [1.807, 2.05) is 31.2 Å². The molecule has 15 heavy (non-hydrogen) atoms. The molecule has 0 amide bonds. The van der Waals surface area contributed by atoms with Crippen LogP contribution in [0.3, 0.4) is 0 Å². The molecule has 0 aliphatic carbocycles. The quantitative estimate of drug-likeness (QED) is 0.728. The van der Waals surface area contributed by atoms with Crippen molar-refractivity contribution in [3.8, 4) is 0 Å². The highest BCUT2D eigenvalue weighted by molar-refractivity contribution is 5.41. The van der Waals surface area contributed by atoms with Gasteiger partial charge in [-0.25, -0.2) is 0 Å². The Morgan fingerprint density at radius 1 is 1.40 bits per heavy atom. The van der Waals surface area contributed by atoms with Crippen LogP contribution in [-0.4, -0.2) is 12.6 Å². The zero-order valence-electron chi connectivity index (χ0n) is 9.44. The van der Waals surface area contributed by atoms with E-state index in [1.54, 1.807) is 0 Å². The Morgan fingerprint density at radius 2 is 2.13 bits per heavy atom. The van der Waals surface area contributed by atoms with Gasteiger partial charge in [-0.15, -0.1) is 0 Å². The van der Waals surface area contributed by atoms with Crippen LogP contribution in [0, 0.1) is 0 Å². The zero-order valence-corrected chi connectivity index (χ0v) is 9.44. The highest BCUT2D eigenvalue weighted by atomic mass is 16.5. The third-order valence-corrected chi connectivity index (χ3v) is 2.46. The number of anilines is 1. The third kappa shape index (κ3) is 3.90. The van der Waals surface area contributed by atoms with Crippen molar-refractivity contribution in [1.29, 1.82) is 0 Å². The molecule has 0 bridgehead atoms. The van der Waals surface area contributed by atoms with Crippen molar-refractivity contribution in [2.75, 3.05) is 12.3 Å². The van der Waals surface area contributed by atoms with Crippen molar-refractivity contribution in [2.45, 2.75) is 32.4 Å². The molecule has 0 spiro atoms. The van der Waals surface area contributed by atoms with Crippen LogP contribution in [0.5, 0.6) is 0 Å². The molecule has 0 aliphatic rings. The van der Waals surface area contributed by atoms with Crippen LogP contribution in [0.4, 0.5) is 5.69 Å². The maximum Gasteiger partial charge on any atom is 0.0798 e. The van der Waals surface area contributed by atoms with Gasteiger partial charge in [0, 0.05) is 11.7 Å². The standard InChI is InChI=1S/C12H20N2O/c1-3-11(13)8-15-9(2)10-5-4-6-12(14)7-10/h4-7,9,11H,3,8,13-14H2,1-2H3. The van der Waals surface area contributed by atoms with Crippen molar-refractivity contribution in [3.63, 3.8) is 0 Å². The van der Waals surface area contributed by atoms with E-state index in [4.69, 9.17) is 16.2 Å². The Balaban J connectivity index is 2.50. The Morgan fingerprint density at radius 3 is 2.73 bits per heavy atom. The molecule has 3 heteroatoms. The van der Waals surface area contributed by atoms with Crippen molar-refractivity contribution in [3.05, 3.63) is 29.8 Å². The molecule has 0 saturated heterocycles. The molecule has 0 saturated carbocycles. The second kappa shape index (κ2) is 5.73. The normalized spacial score (nSPS) is 14.9. The summed E-state index contributed by atoms with van der Waals surface area (Å²) in [4.78, 5) is 0. The fourth-order valence-electron chi connectivity index (χ4n) is 1.29. The minimum atomic E-state index is 0.0473. The van der Waals surface area contributed by atoms with Crippen LogP contribution in [0.1, 0.15) is 31.9 Å². The van der Waals surface area contributed by atoms with Gasteiger partial charge in [0.05, 0.1) is 12.7 Å². The summed E-state index contributed by atoms with van der Waals surface area (Å²) in [5.74, 6) is 0. The van der Waals surface area contributed by atoms with Gasteiger partial charge in [0.1, 0.15) is 0 Å². The summed E-state index contributed by atoms with van der Waals surface area (Å²) >= 11 is 0. The number of ether oxygens (including phenoxy) is 1. The van der Waals surface area contributed by atoms with E-state index in [0.717, 1.165) is 17.7 Å².